The van der Waals surface area contributed by atoms with Crippen LogP contribution >= 0.6 is 15.9 Å². The van der Waals surface area contributed by atoms with Crippen LogP contribution in [0.1, 0.15) is 58.6 Å². The number of rotatable bonds is 4. The molecule has 24 heavy (non-hydrogen) atoms. The van der Waals surface area contributed by atoms with Crippen LogP contribution < -0.4 is 4.90 Å². The molecule has 0 aromatic heterocycles. The Morgan fingerprint density at radius 1 is 1.17 bits per heavy atom. The van der Waals surface area contributed by atoms with Crippen molar-refractivity contribution in [2.45, 2.75) is 78.0 Å². The van der Waals surface area contributed by atoms with E-state index in [1.54, 1.807) is 0 Å². The van der Waals surface area contributed by atoms with Gasteiger partial charge in [-0.3, -0.25) is 4.79 Å². The van der Waals surface area contributed by atoms with Gasteiger partial charge in [-0.1, -0.05) is 36.7 Å². The van der Waals surface area contributed by atoms with Crippen molar-refractivity contribution < 1.29 is 9.22 Å². The van der Waals surface area contributed by atoms with Crippen molar-refractivity contribution in [2.75, 3.05) is 4.90 Å². The minimum Gasteiger partial charge on any atom is -0.416 e. The molecule has 134 valence electrons. The first kappa shape index (κ1) is 19.7. The van der Waals surface area contributed by atoms with Crippen LogP contribution in [0.4, 0.5) is 5.69 Å². The second kappa shape index (κ2) is 6.93. The number of anilines is 1. The number of carbonyl (C=O) groups excluding carboxylic acids is 1. The molecule has 1 aliphatic heterocycles. The summed E-state index contributed by atoms with van der Waals surface area (Å²) >= 11 is 3.62. The number of aryl methyl sites for hydroxylation is 2. The highest BCUT2D eigenvalue weighted by Crippen LogP contribution is 2.37. The Kier molecular flexibility index (Phi) is 5.68. The van der Waals surface area contributed by atoms with Crippen LogP contribution in [-0.2, 0) is 9.22 Å². The SMILES string of the molecule is Cc1cc(N2C(=O)CC[C@@H]2C(C)(C)O[SiH2]C(C)(C)C)cc(C)c1Br. The number of hydrogen-bond acceptors (Lipinski definition) is 2. The van der Waals surface area contributed by atoms with Crippen molar-refractivity contribution in [2.24, 2.45) is 0 Å². The Labute approximate surface area is 157 Å². The zero-order valence-electron chi connectivity index (χ0n) is 16.0. The van der Waals surface area contributed by atoms with Gasteiger partial charge in [0.1, 0.15) is 0 Å². The summed E-state index contributed by atoms with van der Waals surface area (Å²) in [7, 11) is -0.675. The smallest absolute Gasteiger partial charge is 0.227 e. The molecule has 1 atom stereocenters. The zero-order chi connectivity index (χ0) is 18.3. The summed E-state index contributed by atoms with van der Waals surface area (Å²) in [5.41, 5.74) is 2.99. The third-order valence-corrected chi connectivity index (χ3v) is 7.60. The van der Waals surface area contributed by atoms with Gasteiger partial charge >= 0.3 is 0 Å². The fraction of sp³-hybridized carbons (Fsp3) is 0.632. The van der Waals surface area contributed by atoms with Crippen molar-refractivity contribution in [3.63, 3.8) is 0 Å². The largest absolute Gasteiger partial charge is 0.416 e. The lowest BCUT2D eigenvalue weighted by Crippen LogP contribution is -2.50. The molecular formula is C19H30BrNO2Si. The van der Waals surface area contributed by atoms with E-state index in [1.165, 1.54) is 0 Å². The van der Waals surface area contributed by atoms with E-state index < -0.39 is 9.76 Å². The molecule has 1 amide bonds. The van der Waals surface area contributed by atoms with E-state index in [-0.39, 0.29) is 22.6 Å². The van der Waals surface area contributed by atoms with E-state index in [2.05, 4.69) is 76.5 Å². The highest BCUT2D eigenvalue weighted by molar-refractivity contribution is 9.10. The van der Waals surface area contributed by atoms with Crippen LogP contribution in [0, 0.1) is 13.8 Å². The molecule has 1 aromatic rings. The van der Waals surface area contributed by atoms with Crippen LogP contribution in [0.5, 0.6) is 0 Å². The van der Waals surface area contributed by atoms with Gasteiger partial charge in [0.2, 0.25) is 5.91 Å². The molecule has 0 N–H and O–H groups in total. The average Bonchev–Trinajstić information content (AvgIpc) is 2.84. The molecular weight excluding hydrogens is 382 g/mol. The highest BCUT2D eigenvalue weighted by Gasteiger charge is 2.43. The summed E-state index contributed by atoms with van der Waals surface area (Å²) in [5.74, 6) is 0.204. The second-order valence-corrected chi connectivity index (χ2v) is 12.2. The summed E-state index contributed by atoms with van der Waals surface area (Å²) in [5, 5.41) is 0.246. The fourth-order valence-electron chi connectivity index (χ4n) is 3.23. The number of hydrogen-bond donors (Lipinski definition) is 0. The van der Waals surface area contributed by atoms with Gasteiger partial charge in [0.05, 0.1) is 11.6 Å². The lowest BCUT2D eigenvalue weighted by molar-refractivity contribution is -0.117. The average molecular weight is 412 g/mol. The first-order valence-electron chi connectivity index (χ1n) is 8.65. The maximum Gasteiger partial charge on any atom is 0.227 e. The van der Waals surface area contributed by atoms with Crippen molar-refractivity contribution in [1.29, 1.82) is 0 Å². The van der Waals surface area contributed by atoms with Gasteiger partial charge in [-0.05, 0) is 62.4 Å². The predicted octanol–water partition coefficient (Wildman–Crippen LogP) is 4.66. The summed E-state index contributed by atoms with van der Waals surface area (Å²) in [6, 6.07) is 4.30. The fourth-order valence-corrected chi connectivity index (χ4v) is 4.45. The third kappa shape index (κ3) is 4.30. The first-order valence-corrected chi connectivity index (χ1v) is 10.7. The molecule has 2 rings (SSSR count). The summed E-state index contributed by atoms with van der Waals surface area (Å²) in [6.07, 6.45) is 1.46. The van der Waals surface area contributed by atoms with Crippen LogP contribution in [0.2, 0.25) is 5.04 Å². The molecule has 3 nitrogen and oxygen atoms in total. The van der Waals surface area contributed by atoms with Crippen LogP contribution in [-0.4, -0.2) is 27.3 Å². The normalized spacial score (nSPS) is 19.8. The maximum absolute atomic E-state index is 12.6. The number of nitrogens with zero attached hydrogens (tertiary/aromatic N) is 1. The van der Waals surface area contributed by atoms with Crippen molar-refractivity contribution in [3.8, 4) is 0 Å². The second-order valence-electron chi connectivity index (χ2n) is 8.66. The summed E-state index contributed by atoms with van der Waals surface area (Å²) in [4.78, 5) is 14.6. The number of benzene rings is 1. The number of amides is 1. The Balaban J connectivity index is 2.32. The van der Waals surface area contributed by atoms with Gasteiger partial charge in [-0.2, -0.15) is 0 Å². The number of halogens is 1. The van der Waals surface area contributed by atoms with E-state index >= 15 is 0 Å². The minimum absolute atomic E-state index is 0.0971. The van der Waals surface area contributed by atoms with Gasteiger partial charge in [0.25, 0.3) is 0 Å². The minimum atomic E-state index is -0.675. The first-order chi connectivity index (χ1) is 10.9. The maximum atomic E-state index is 12.6. The van der Waals surface area contributed by atoms with Gasteiger partial charge in [0, 0.05) is 16.6 Å². The lowest BCUT2D eigenvalue weighted by atomic mass is 9.96. The molecule has 1 heterocycles. The molecule has 0 spiro atoms. The molecule has 0 aliphatic carbocycles. The van der Waals surface area contributed by atoms with Gasteiger partial charge in [0.15, 0.2) is 9.76 Å². The van der Waals surface area contributed by atoms with E-state index in [9.17, 15) is 4.79 Å². The molecule has 0 saturated carbocycles. The van der Waals surface area contributed by atoms with E-state index in [4.69, 9.17) is 4.43 Å². The number of carbonyl (C=O) groups is 1. The van der Waals surface area contributed by atoms with Crippen LogP contribution in [0.25, 0.3) is 0 Å². The lowest BCUT2D eigenvalue weighted by Gasteiger charge is -2.40. The van der Waals surface area contributed by atoms with Crippen molar-refractivity contribution in [3.05, 3.63) is 27.7 Å². The van der Waals surface area contributed by atoms with Gasteiger partial charge in [-0.15, -0.1) is 0 Å². The Bertz CT molecular complexity index is 614. The van der Waals surface area contributed by atoms with Crippen molar-refractivity contribution in [1.82, 2.24) is 0 Å². The Morgan fingerprint density at radius 3 is 2.21 bits per heavy atom. The van der Waals surface area contributed by atoms with Crippen LogP contribution in [0.15, 0.2) is 16.6 Å². The van der Waals surface area contributed by atoms with Gasteiger partial charge < -0.3 is 9.33 Å². The summed E-state index contributed by atoms with van der Waals surface area (Å²) < 4.78 is 7.51. The molecule has 0 unspecified atom stereocenters. The molecule has 0 bridgehead atoms. The highest BCUT2D eigenvalue weighted by atomic mass is 79.9. The van der Waals surface area contributed by atoms with E-state index in [0.29, 0.717) is 6.42 Å². The molecule has 1 saturated heterocycles. The quantitative estimate of drug-likeness (QED) is 0.674. The standard InChI is InChI=1S/C19H30BrNO2Si/c1-12-10-14(11-13(2)17(12)20)21-15(8-9-16(21)22)19(6,7)23-24-18(3,4)5/h10-11,15H,8-9,24H2,1-7H3/t15-/m1/s1. The van der Waals surface area contributed by atoms with E-state index in [0.717, 1.165) is 27.7 Å². The van der Waals surface area contributed by atoms with Crippen LogP contribution in [0.3, 0.4) is 0 Å². The summed E-state index contributed by atoms with van der Waals surface area (Å²) in [6.45, 7) is 15.1. The molecule has 5 heteroatoms. The molecule has 1 fully saturated rings. The predicted molar refractivity (Wildman–Crippen MR) is 108 cm³/mol. The molecule has 1 aromatic carbocycles. The topological polar surface area (TPSA) is 29.5 Å². The molecule has 1 aliphatic rings. The Hall–Kier alpha value is -0.653. The zero-order valence-corrected chi connectivity index (χ0v) is 19.0. The van der Waals surface area contributed by atoms with Gasteiger partial charge in [-0.25, -0.2) is 0 Å². The Morgan fingerprint density at radius 2 is 1.71 bits per heavy atom. The van der Waals surface area contributed by atoms with E-state index in [1.807, 2.05) is 4.90 Å². The molecule has 0 radical (unpaired) electrons. The monoisotopic (exact) mass is 411 g/mol. The van der Waals surface area contributed by atoms with Crippen molar-refractivity contribution >= 4 is 37.3 Å². The third-order valence-electron chi connectivity index (χ3n) is 4.59.